The molecule has 31 heavy (non-hydrogen) atoms. The first-order chi connectivity index (χ1) is 14.7. The van der Waals surface area contributed by atoms with Gasteiger partial charge < -0.3 is 19.5 Å². The zero-order chi connectivity index (χ0) is 23.1. The topological polar surface area (TPSA) is 117 Å². The molecule has 0 saturated heterocycles. The standard InChI is InChI=1S/C22H28N2O7/c1-6-29-10-11-30-21(25)18-14(4)23-15(5)19(22(26)31-13(2)3)20(18)16-8-7-9-17(12-16)24(27)28/h7-9,12-13,20,23H,6,10-11H2,1-5H3. The number of hydrogen-bond acceptors (Lipinski definition) is 8. The van der Waals surface area contributed by atoms with Gasteiger partial charge in [0, 0.05) is 30.1 Å². The number of ether oxygens (including phenoxy) is 3. The lowest BCUT2D eigenvalue weighted by atomic mass is 9.80. The van der Waals surface area contributed by atoms with Crippen LogP contribution in [0.25, 0.3) is 0 Å². The number of carbonyl (C=O) groups is 2. The Kier molecular flexibility index (Phi) is 8.32. The van der Waals surface area contributed by atoms with E-state index in [-0.39, 0.29) is 36.2 Å². The molecule has 2 rings (SSSR count). The second-order valence-electron chi connectivity index (χ2n) is 7.27. The summed E-state index contributed by atoms with van der Waals surface area (Å²) in [7, 11) is 0. The number of esters is 2. The van der Waals surface area contributed by atoms with E-state index in [0.717, 1.165) is 0 Å². The molecule has 9 nitrogen and oxygen atoms in total. The number of allylic oxidation sites excluding steroid dienone is 2. The number of dihydropyridines is 1. The molecular formula is C22H28N2O7. The molecule has 0 spiro atoms. The van der Waals surface area contributed by atoms with E-state index in [1.165, 1.54) is 18.2 Å². The van der Waals surface area contributed by atoms with Gasteiger partial charge in [-0.25, -0.2) is 9.59 Å². The first-order valence-electron chi connectivity index (χ1n) is 10.1. The van der Waals surface area contributed by atoms with E-state index in [1.54, 1.807) is 33.8 Å². The zero-order valence-corrected chi connectivity index (χ0v) is 18.4. The van der Waals surface area contributed by atoms with Crippen LogP contribution in [0, 0.1) is 10.1 Å². The van der Waals surface area contributed by atoms with Crippen LogP contribution in [0.4, 0.5) is 5.69 Å². The number of benzene rings is 1. The fourth-order valence-electron chi connectivity index (χ4n) is 3.38. The summed E-state index contributed by atoms with van der Waals surface area (Å²) in [6.07, 6.45) is -0.382. The zero-order valence-electron chi connectivity index (χ0n) is 18.4. The SMILES string of the molecule is CCOCCOC(=O)C1=C(C)NC(C)=C(C(=O)OC(C)C)C1c1cccc([N+](=O)[O-])c1. The number of hydrogen-bond donors (Lipinski definition) is 1. The summed E-state index contributed by atoms with van der Waals surface area (Å²) in [5.41, 5.74) is 1.67. The Labute approximate surface area is 181 Å². The summed E-state index contributed by atoms with van der Waals surface area (Å²) in [6, 6.07) is 5.86. The van der Waals surface area contributed by atoms with Crippen LogP contribution >= 0.6 is 0 Å². The minimum Gasteiger partial charge on any atom is -0.460 e. The van der Waals surface area contributed by atoms with Crippen molar-refractivity contribution in [1.29, 1.82) is 0 Å². The molecule has 1 unspecified atom stereocenters. The van der Waals surface area contributed by atoms with Crippen molar-refractivity contribution in [1.82, 2.24) is 5.32 Å². The van der Waals surface area contributed by atoms with Gasteiger partial charge in [0.2, 0.25) is 0 Å². The summed E-state index contributed by atoms with van der Waals surface area (Å²) in [4.78, 5) is 36.7. The Hall–Kier alpha value is -3.20. The molecule has 0 saturated carbocycles. The second kappa shape index (κ2) is 10.7. The maximum absolute atomic E-state index is 13.0. The van der Waals surface area contributed by atoms with Gasteiger partial charge >= 0.3 is 11.9 Å². The molecule has 0 aliphatic carbocycles. The number of non-ortho nitro benzene ring substituents is 1. The first-order valence-corrected chi connectivity index (χ1v) is 10.1. The van der Waals surface area contributed by atoms with Crippen molar-refractivity contribution in [2.75, 3.05) is 19.8 Å². The van der Waals surface area contributed by atoms with Gasteiger partial charge in [0.1, 0.15) is 6.61 Å². The van der Waals surface area contributed by atoms with Crippen LogP contribution in [-0.4, -0.2) is 42.8 Å². The largest absolute Gasteiger partial charge is 0.460 e. The normalized spacial score (nSPS) is 16.3. The van der Waals surface area contributed by atoms with E-state index >= 15 is 0 Å². The lowest BCUT2D eigenvalue weighted by Gasteiger charge is -2.30. The molecule has 0 fully saturated rings. The summed E-state index contributed by atoms with van der Waals surface area (Å²) >= 11 is 0. The summed E-state index contributed by atoms with van der Waals surface area (Å²) in [6.45, 7) is 9.43. The average Bonchev–Trinajstić information content (AvgIpc) is 2.69. The minimum atomic E-state index is -0.882. The van der Waals surface area contributed by atoms with Gasteiger partial charge in [-0.1, -0.05) is 12.1 Å². The number of carbonyl (C=O) groups excluding carboxylic acids is 2. The van der Waals surface area contributed by atoms with Gasteiger partial charge in [-0.2, -0.15) is 0 Å². The van der Waals surface area contributed by atoms with Crippen molar-refractivity contribution in [2.24, 2.45) is 0 Å². The van der Waals surface area contributed by atoms with Crippen LogP contribution in [0.5, 0.6) is 0 Å². The van der Waals surface area contributed by atoms with E-state index in [1.807, 2.05) is 6.92 Å². The van der Waals surface area contributed by atoms with Crippen LogP contribution in [0.1, 0.15) is 46.1 Å². The lowest BCUT2D eigenvalue weighted by molar-refractivity contribution is -0.384. The average molecular weight is 432 g/mol. The molecule has 1 aliphatic heterocycles. The third-order valence-electron chi connectivity index (χ3n) is 4.62. The van der Waals surface area contributed by atoms with Crippen molar-refractivity contribution in [3.8, 4) is 0 Å². The Balaban J connectivity index is 2.55. The van der Waals surface area contributed by atoms with E-state index in [4.69, 9.17) is 14.2 Å². The number of nitrogens with zero attached hydrogens (tertiary/aromatic N) is 1. The third kappa shape index (κ3) is 5.91. The second-order valence-corrected chi connectivity index (χ2v) is 7.27. The Morgan fingerprint density at radius 3 is 2.35 bits per heavy atom. The van der Waals surface area contributed by atoms with Crippen molar-refractivity contribution in [3.05, 3.63) is 62.5 Å². The molecule has 0 bridgehead atoms. The maximum atomic E-state index is 13.0. The smallest absolute Gasteiger partial charge is 0.337 e. The fourth-order valence-corrected chi connectivity index (χ4v) is 3.38. The van der Waals surface area contributed by atoms with Crippen molar-refractivity contribution in [2.45, 2.75) is 46.6 Å². The van der Waals surface area contributed by atoms with Crippen molar-refractivity contribution in [3.63, 3.8) is 0 Å². The fraction of sp³-hybridized carbons (Fsp3) is 0.455. The van der Waals surface area contributed by atoms with E-state index in [9.17, 15) is 19.7 Å². The van der Waals surface area contributed by atoms with E-state index in [0.29, 0.717) is 23.6 Å². The highest BCUT2D eigenvalue weighted by Gasteiger charge is 2.38. The molecule has 1 N–H and O–H groups in total. The Morgan fingerprint density at radius 1 is 1.13 bits per heavy atom. The summed E-state index contributed by atoms with van der Waals surface area (Å²) in [5, 5.41) is 14.4. The Morgan fingerprint density at radius 2 is 1.77 bits per heavy atom. The van der Waals surface area contributed by atoms with Gasteiger partial charge in [-0.15, -0.1) is 0 Å². The molecule has 1 atom stereocenters. The highest BCUT2D eigenvalue weighted by molar-refractivity contribution is 6.00. The Bertz CT molecular complexity index is 918. The van der Waals surface area contributed by atoms with Crippen LogP contribution in [0.15, 0.2) is 46.8 Å². The molecule has 1 aromatic carbocycles. The third-order valence-corrected chi connectivity index (χ3v) is 4.62. The van der Waals surface area contributed by atoms with Gasteiger partial charge in [0.15, 0.2) is 0 Å². The van der Waals surface area contributed by atoms with Crippen LogP contribution < -0.4 is 5.32 Å². The van der Waals surface area contributed by atoms with Crippen LogP contribution in [0.3, 0.4) is 0 Å². The number of nitro benzene ring substituents is 1. The maximum Gasteiger partial charge on any atom is 0.337 e. The van der Waals surface area contributed by atoms with E-state index in [2.05, 4.69) is 5.32 Å². The molecule has 168 valence electrons. The highest BCUT2D eigenvalue weighted by Crippen LogP contribution is 2.40. The molecule has 0 aromatic heterocycles. The van der Waals surface area contributed by atoms with Gasteiger partial charge in [-0.3, -0.25) is 10.1 Å². The summed E-state index contributed by atoms with van der Waals surface area (Å²) < 4.78 is 16.0. The molecule has 0 amide bonds. The van der Waals surface area contributed by atoms with Crippen molar-refractivity contribution < 1.29 is 28.7 Å². The molecule has 1 heterocycles. The summed E-state index contributed by atoms with van der Waals surface area (Å²) in [5.74, 6) is -2.13. The molecule has 9 heteroatoms. The van der Waals surface area contributed by atoms with Gasteiger partial charge in [0.05, 0.1) is 34.7 Å². The quantitative estimate of drug-likeness (QED) is 0.273. The minimum absolute atomic E-state index is 0.0413. The van der Waals surface area contributed by atoms with Crippen LogP contribution in [0.2, 0.25) is 0 Å². The highest BCUT2D eigenvalue weighted by atomic mass is 16.6. The van der Waals surface area contributed by atoms with Crippen molar-refractivity contribution >= 4 is 17.6 Å². The predicted molar refractivity (Wildman–Crippen MR) is 113 cm³/mol. The van der Waals surface area contributed by atoms with Gasteiger partial charge in [0.25, 0.3) is 5.69 Å². The molecular weight excluding hydrogens is 404 g/mol. The van der Waals surface area contributed by atoms with Gasteiger partial charge in [-0.05, 0) is 40.2 Å². The van der Waals surface area contributed by atoms with E-state index < -0.39 is 22.8 Å². The number of nitrogens with one attached hydrogen (secondary N) is 1. The first kappa shape index (κ1) is 24.1. The number of nitro groups is 1. The molecule has 1 aliphatic rings. The number of rotatable bonds is 9. The predicted octanol–water partition coefficient (Wildman–Crippen LogP) is 3.36. The van der Waals surface area contributed by atoms with Crippen LogP contribution in [-0.2, 0) is 23.8 Å². The molecule has 0 radical (unpaired) electrons. The monoisotopic (exact) mass is 432 g/mol. The lowest BCUT2D eigenvalue weighted by Crippen LogP contribution is -2.33. The molecule has 1 aromatic rings.